The standard InChI is InChI=1S/C28H26N2O6/c31-29(32)23-6-10-25(11-7-23)35-27-17-19-14-20(18-27)16-22(15-19)28(27,21-4-2-1-3-5-21)36-26-12-8-24(9-13-26)30(33)34/h1-13,19-20,22H,14-18H2. The van der Waals surface area contributed by atoms with E-state index in [9.17, 15) is 20.2 Å². The van der Waals surface area contributed by atoms with Crippen molar-refractivity contribution in [3.05, 3.63) is 105 Å². The first kappa shape index (κ1) is 22.5. The van der Waals surface area contributed by atoms with Crippen LogP contribution in [0.15, 0.2) is 78.9 Å². The lowest BCUT2D eigenvalue weighted by atomic mass is 9.46. The zero-order chi connectivity index (χ0) is 24.9. The van der Waals surface area contributed by atoms with E-state index in [1.807, 2.05) is 18.2 Å². The van der Waals surface area contributed by atoms with Crippen molar-refractivity contribution < 1.29 is 19.3 Å². The van der Waals surface area contributed by atoms with Gasteiger partial charge >= 0.3 is 0 Å². The summed E-state index contributed by atoms with van der Waals surface area (Å²) in [5.41, 5.74) is -0.433. The highest BCUT2D eigenvalue weighted by Gasteiger charge is 2.70. The van der Waals surface area contributed by atoms with Crippen LogP contribution in [0.3, 0.4) is 0 Å². The monoisotopic (exact) mass is 486 g/mol. The first-order chi connectivity index (χ1) is 17.4. The Labute approximate surface area is 208 Å². The molecule has 4 saturated carbocycles. The second-order valence-electron chi connectivity index (χ2n) is 10.3. The van der Waals surface area contributed by atoms with Gasteiger partial charge in [-0.3, -0.25) is 20.2 Å². The lowest BCUT2D eigenvalue weighted by molar-refractivity contribution is -0.385. The number of benzene rings is 3. The van der Waals surface area contributed by atoms with Gasteiger partial charge in [0, 0.05) is 30.2 Å². The predicted molar refractivity (Wildman–Crippen MR) is 132 cm³/mol. The maximum Gasteiger partial charge on any atom is 0.269 e. The van der Waals surface area contributed by atoms with Crippen LogP contribution in [0.4, 0.5) is 11.4 Å². The Hall–Kier alpha value is -3.94. The molecule has 184 valence electrons. The fourth-order valence-electron chi connectivity index (χ4n) is 7.18. The Balaban J connectivity index is 1.48. The van der Waals surface area contributed by atoms with E-state index in [1.54, 1.807) is 24.3 Å². The van der Waals surface area contributed by atoms with Crippen LogP contribution in [0.5, 0.6) is 11.5 Å². The summed E-state index contributed by atoms with van der Waals surface area (Å²) in [4.78, 5) is 21.6. The molecule has 0 amide bonds. The van der Waals surface area contributed by atoms with Gasteiger partial charge < -0.3 is 9.47 Å². The molecule has 0 heterocycles. The van der Waals surface area contributed by atoms with Crippen molar-refractivity contribution in [1.82, 2.24) is 0 Å². The molecule has 0 saturated heterocycles. The van der Waals surface area contributed by atoms with Gasteiger partial charge in [-0.2, -0.15) is 0 Å². The van der Waals surface area contributed by atoms with E-state index in [1.165, 1.54) is 30.7 Å². The molecule has 0 radical (unpaired) electrons. The maximum absolute atomic E-state index is 11.2. The van der Waals surface area contributed by atoms with Crippen LogP contribution in [0.25, 0.3) is 0 Å². The largest absolute Gasteiger partial charge is 0.483 e. The third kappa shape index (κ3) is 3.51. The Morgan fingerprint density at radius 3 is 1.67 bits per heavy atom. The number of nitrogens with zero attached hydrogens (tertiary/aromatic N) is 2. The van der Waals surface area contributed by atoms with Gasteiger partial charge in [-0.1, -0.05) is 30.3 Å². The Morgan fingerprint density at radius 1 is 0.667 bits per heavy atom. The molecule has 36 heavy (non-hydrogen) atoms. The second kappa shape index (κ2) is 8.33. The molecule has 4 fully saturated rings. The van der Waals surface area contributed by atoms with Gasteiger partial charge in [0.25, 0.3) is 11.4 Å². The summed E-state index contributed by atoms with van der Waals surface area (Å²) in [7, 11) is 0. The minimum atomic E-state index is -0.806. The average molecular weight is 487 g/mol. The van der Waals surface area contributed by atoms with Crippen LogP contribution in [0.2, 0.25) is 0 Å². The molecule has 3 unspecified atom stereocenters. The molecule has 4 aliphatic carbocycles. The quantitative estimate of drug-likeness (QED) is 0.281. The van der Waals surface area contributed by atoms with Gasteiger partial charge in [-0.15, -0.1) is 0 Å². The van der Waals surface area contributed by atoms with Crippen molar-refractivity contribution in [3.8, 4) is 11.5 Å². The molecule has 3 aromatic carbocycles. The van der Waals surface area contributed by atoms with E-state index in [0.717, 1.165) is 31.2 Å². The third-order valence-electron chi connectivity index (χ3n) is 8.28. The molecule has 7 rings (SSSR count). The van der Waals surface area contributed by atoms with E-state index in [0.29, 0.717) is 23.3 Å². The summed E-state index contributed by atoms with van der Waals surface area (Å²) < 4.78 is 13.9. The number of hydrogen-bond acceptors (Lipinski definition) is 6. The number of hydrogen-bond donors (Lipinski definition) is 0. The van der Waals surface area contributed by atoms with E-state index in [-0.39, 0.29) is 17.3 Å². The summed E-state index contributed by atoms with van der Waals surface area (Å²) in [6.07, 6.45) is 4.88. The van der Waals surface area contributed by atoms with Crippen molar-refractivity contribution in [2.24, 2.45) is 17.8 Å². The molecule has 0 aromatic heterocycles. The topological polar surface area (TPSA) is 105 Å². The van der Waals surface area contributed by atoms with Crippen LogP contribution < -0.4 is 9.47 Å². The highest BCUT2D eigenvalue weighted by Crippen LogP contribution is 2.66. The fraction of sp³-hybridized carbons (Fsp3) is 0.357. The van der Waals surface area contributed by atoms with Gasteiger partial charge in [-0.05, 0) is 73.8 Å². The zero-order valence-electron chi connectivity index (χ0n) is 19.6. The van der Waals surface area contributed by atoms with E-state index in [4.69, 9.17) is 9.47 Å². The van der Waals surface area contributed by atoms with Crippen LogP contribution >= 0.6 is 0 Å². The molecular weight excluding hydrogens is 460 g/mol. The number of non-ortho nitro benzene ring substituents is 2. The predicted octanol–water partition coefficient (Wildman–Crippen LogP) is 6.44. The van der Waals surface area contributed by atoms with E-state index >= 15 is 0 Å². The number of nitro groups is 2. The number of rotatable bonds is 7. The number of nitro benzene ring substituents is 2. The minimum Gasteiger partial charge on any atom is -0.483 e. The van der Waals surface area contributed by atoms with E-state index < -0.39 is 21.0 Å². The SMILES string of the molecule is O=[N+]([O-])c1ccc(OC23CC4CC(CC(C4)C2(Oc2ccc([N+](=O)[O-])cc2)c2ccccc2)C3)cc1. The first-order valence-corrected chi connectivity index (χ1v) is 12.3. The van der Waals surface area contributed by atoms with Crippen LogP contribution in [-0.4, -0.2) is 15.4 Å². The fourth-order valence-corrected chi connectivity index (χ4v) is 7.18. The van der Waals surface area contributed by atoms with Crippen molar-refractivity contribution >= 4 is 11.4 Å². The van der Waals surface area contributed by atoms with Crippen LogP contribution in [-0.2, 0) is 5.60 Å². The average Bonchev–Trinajstić information content (AvgIpc) is 2.87. The smallest absolute Gasteiger partial charge is 0.269 e. The molecule has 4 bridgehead atoms. The Kier molecular flexibility index (Phi) is 5.21. The highest BCUT2D eigenvalue weighted by atomic mass is 16.6. The summed E-state index contributed by atoms with van der Waals surface area (Å²) in [5.74, 6) is 2.40. The molecule has 0 spiro atoms. The molecular formula is C28H26N2O6. The lowest BCUT2D eigenvalue weighted by Crippen LogP contribution is -2.71. The van der Waals surface area contributed by atoms with Gasteiger partial charge in [0.2, 0.25) is 0 Å². The van der Waals surface area contributed by atoms with Gasteiger partial charge in [0.15, 0.2) is 11.2 Å². The van der Waals surface area contributed by atoms with Crippen LogP contribution in [0.1, 0.15) is 37.7 Å². The van der Waals surface area contributed by atoms with Crippen molar-refractivity contribution in [3.63, 3.8) is 0 Å². The number of ether oxygens (including phenoxy) is 2. The van der Waals surface area contributed by atoms with Crippen molar-refractivity contribution in [1.29, 1.82) is 0 Å². The Morgan fingerprint density at radius 2 is 1.17 bits per heavy atom. The van der Waals surface area contributed by atoms with Crippen molar-refractivity contribution in [2.75, 3.05) is 0 Å². The zero-order valence-corrected chi connectivity index (χ0v) is 19.6. The molecule has 8 heteroatoms. The lowest BCUT2D eigenvalue weighted by Gasteiger charge is -2.65. The normalized spacial score (nSPS) is 30.1. The summed E-state index contributed by atoms with van der Waals surface area (Å²) >= 11 is 0. The molecule has 3 aromatic rings. The molecule has 4 aliphatic rings. The summed E-state index contributed by atoms with van der Waals surface area (Å²) in [5, 5.41) is 22.4. The van der Waals surface area contributed by atoms with Crippen molar-refractivity contribution in [2.45, 2.75) is 43.3 Å². The molecule has 3 atom stereocenters. The highest BCUT2D eigenvalue weighted by molar-refractivity contribution is 5.42. The molecule has 0 N–H and O–H groups in total. The van der Waals surface area contributed by atoms with Gasteiger partial charge in [-0.25, -0.2) is 0 Å². The maximum atomic E-state index is 11.2. The van der Waals surface area contributed by atoms with E-state index in [2.05, 4.69) is 12.1 Å². The second-order valence-corrected chi connectivity index (χ2v) is 10.3. The third-order valence-corrected chi connectivity index (χ3v) is 8.28. The summed E-state index contributed by atoms with van der Waals surface area (Å²) in [6, 6.07) is 22.7. The van der Waals surface area contributed by atoms with Crippen LogP contribution in [0, 0.1) is 38.0 Å². The Bertz CT molecular complexity index is 1280. The summed E-state index contributed by atoms with van der Waals surface area (Å²) in [6.45, 7) is 0. The molecule has 8 nitrogen and oxygen atoms in total. The minimum absolute atomic E-state index is 0.0121. The van der Waals surface area contributed by atoms with Gasteiger partial charge in [0.1, 0.15) is 11.5 Å². The van der Waals surface area contributed by atoms with Gasteiger partial charge in [0.05, 0.1) is 9.85 Å². The molecule has 0 aliphatic heterocycles. The first-order valence-electron chi connectivity index (χ1n) is 12.3.